The number of aliphatic hydroxyl groups excluding tert-OH is 1. The molecule has 0 heterocycles. The van der Waals surface area contributed by atoms with E-state index in [0.29, 0.717) is 6.04 Å². The average molecular weight is 287 g/mol. The molecule has 2 heteroatoms. The lowest BCUT2D eigenvalue weighted by Crippen LogP contribution is -2.43. The van der Waals surface area contributed by atoms with Crippen molar-refractivity contribution < 1.29 is 5.11 Å². The van der Waals surface area contributed by atoms with Gasteiger partial charge in [0.2, 0.25) is 0 Å². The summed E-state index contributed by atoms with van der Waals surface area (Å²) in [6.07, 6.45) is 6.10. The van der Waals surface area contributed by atoms with Gasteiger partial charge in [0, 0.05) is 19.2 Å². The fraction of sp³-hybridized carbons (Fsp3) is 0.684. The van der Waals surface area contributed by atoms with Crippen LogP contribution in [0.4, 0.5) is 0 Å². The third kappa shape index (κ3) is 3.32. The molecule has 0 saturated heterocycles. The quantitative estimate of drug-likeness (QED) is 0.872. The monoisotopic (exact) mass is 287 g/mol. The second kappa shape index (κ2) is 6.10. The van der Waals surface area contributed by atoms with E-state index in [1.165, 1.54) is 25.7 Å². The van der Waals surface area contributed by atoms with E-state index in [2.05, 4.69) is 43.4 Å². The molecule has 3 rings (SSSR count). The molecule has 0 radical (unpaired) electrons. The lowest BCUT2D eigenvalue weighted by atomic mass is 9.87. The van der Waals surface area contributed by atoms with Crippen LogP contribution in [-0.2, 0) is 12.8 Å². The third-order valence-corrected chi connectivity index (χ3v) is 5.61. The number of hydrogen-bond acceptors (Lipinski definition) is 2. The fourth-order valence-electron chi connectivity index (χ4n) is 4.27. The average Bonchev–Trinajstić information content (AvgIpc) is 2.71. The first kappa shape index (κ1) is 15.1. The SMILES string of the molecule is CC(C)(CCO)CNC1C2CCC1Cc1ccccc1C2. The van der Waals surface area contributed by atoms with Crippen LogP contribution in [0.2, 0.25) is 0 Å². The number of hydrogen-bond donors (Lipinski definition) is 2. The van der Waals surface area contributed by atoms with Crippen LogP contribution >= 0.6 is 0 Å². The Labute approximate surface area is 129 Å². The van der Waals surface area contributed by atoms with Gasteiger partial charge in [-0.25, -0.2) is 0 Å². The molecule has 1 saturated carbocycles. The van der Waals surface area contributed by atoms with Crippen LogP contribution in [0.25, 0.3) is 0 Å². The van der Waals surface area contributed by atoms with Crippen LogP contribution in [0.5, 0.6) is 0 Å². The van der Waals surface area contributed by atoms with E-state index in [1.54, 1.807) is 11.1 Å². The molecule has 0 amide bonds. The minimum absolute atomic E-state index is 0.188. The summed E-state index contributed by atoms with van der Waals surface area (Å²) in [5.41, 5.74) is 3.34. The van der Waals surface area contributed by atoms with Crippen molar-refractivity contribution in [3.8, 4) is 0 Å². The summed E-state index contributed by atoms with van der Waals surface area (Å²) in [6, 6.07) is 9.68. The van der Waals surface area contributed by atoms with E-state index >= 15 is 0 Å². The molecule has 116 valence electrons. The molecular formula is C19H29NO. The van der Waals surface area contributed by atoms with Gasteiger partial charge in [-0.3, -0.25) is 0 Å². The highest BCUT2D eigenvalue weighted by Crippen LogP contribution is 2.40. The van der Waals surface area contributed by atoms with Gasteiger partial charge in [-0.1, -0.05) is 38.1 Å². The van der Waals surface area contributed by atoms with Crippen molar-refractivity contribution in [1.29, 1.82) is 0 Å². The molecule has 2 nitrogen and oxygen atoms in total. The Kier molecular flexibility index (Phi) is 4.37. The molecule has 0 spiro atoms. The Hall–Kier alpha value is -0.860. The number of rotatable bonds is 5. The van der Waals surface area contributed by atoms with Gasteiger partial charge in [0.15, 0.2) is 0 Å². The van der Waals surface area contributed by atoms with Crippen LogP contribution in [0, 0.1) is 17.3 Å². The molecule has 2 aliphatic carbocycles. The Morgan fingerprint density at radius 3 is 2.19 bits per heavy atom. The van der Waals surface area contributed by atoms with Gasteiger partial charge in [-0.15, -0.1) is 0 Å². The third-order valence-electron chi connectivity index (χ3n) is 5.61. The van der Waals surface area contributed by atoms with Crippen molar-refractivity contribution in [2.75, 3.05) is 13.2 Å². The molecule has 1 aromatic rings. The smallest absolute Gasteiger partial charge is 0.0436 e. The van der Waals surface area contributed by atoms with Crippen LogP contribution in [0.3, 0.4) is 0 Å². The Balaban J connectivity index is 1.68. The standard InChI is InChI=1S/C19H29NO/c1-19(2,9-10-21)13-20-18-16-7-8-17(18)12-15-6-4-3-5-14(15)11-16/h3-6,16-18,20-21H,7-13H2,1-2H3. The molecule has 2 unspecified atom stereocenters. The topological polar surface area (TPSA) is 32.3 Å². The van der Waals surface area contributed by atoms with E-state index in [9.17, 15) is 5.11 Å². The first-order valence-corrected chi connectivity index (χ1v) is 8.50. The van der Waals surface area contributed by atoms with Gasteiger partial charge in [0.25, 0.3) is 0 Å². The van der Waals surface area contributed by atoms with Gasteiger partial charge < -0.3 is 10.4 Å². The highest BCUT2D eigenvalue weighted by molar-refractivity contribution is 5.30. The number of nitrogens with one attached hydrogen (secondary N) is 1. The van der Waals surface area contributed by atoms with Crippen molar-refractivity contribution in [3.63, 3.8) is 0 Å². The zero-order valence-electron chi connectivity index (χ0n) is 13.4. The molecule has 1 fully saturated rings. The van der Waals surface area contributed by atoms with E-state index in [0.717, 1.165) is 24.8 Å². The minimum atomic E-state index is 0.188. The highest BCUT2D eigenvalue weighted by Gasteiger charge is 2.39. The molecule has 1 aromatic carbocycles. The first-order valence-electron chi connectivity index (χ1n) is 8.50. The zero-order valence-corrected chi connectivity index (χ0v) is 13.4. The van der Waals surface area contributed by atoms with Crippen molar-refractivity contribution >= 4 is 0 Å². The van der Waals surface area contributed by atoms with Gasteiger partial charge in [0.1, 0.15) is 0 Å². The maximum atomic E-state index is 9.19. The molecule has 2 bridgehead atoms. The lowest BCUT2D eigenvalue weighted by molar-refractivity contribution is 0.193. The van der Waals surface area contributed by atoms with Crippen LogP contribution in [0.1, 0.15) is 44.2 Å². The molecule has 0 aliphatic heterocycles. The van der Waals surface area contributed by atoms with Crippen LogP contribution < -0.4 is 5.32 Å². The maximum absolute atomic E-state index is 9.19. The van der Waals surface area contributed by atoms with Crippen molar-refractivity contribution in [2.24, 2.45) is 17.3 Å². The summed E-state index contributed by atoms with van der Waals surface area (Å²) < 4.78 is 0. The second-order valence-corrected chi connectivity index (χ2v) is 7.82. The van der Waals surface area contributed by atoms with E-state index in [4.69, 9.17) is 0 Å². The molecular weight excluding hydrogens is 258 g/mol. The number of fused-ring (bicyclic) bond motifs is 3. The van der Waals surface area contributed by atoms with E-state index in [1.807, 2.05) is 0 Å². The largest absolute Gasteiger partial charge is 0.396 e. The predicted molar refractivity (Wildman–Crippen MR) is 87.3 cm³/mol. The fourth-order valence-corrected chi connectivity index (χ4v) is 4.27. The second-order valence-electron chi connectivity index (χ2n) is 7.82. The number of benzene rings is 1. The predicted octanol–water partition coefficient (Wildman–Crippen LogP) is 3.18. The maximum Gasteiger partial charge on any atom is 0.0436 e. The summed E-state index contributed by atoms with van der Waals surface area (Å²) in [5.74, 6) is 1.59. The van der Waals surface area contributed by atoms with E-state index < -0.39 is 0 Å². The molecule has 21 heavy (non-hydrogen) atoms. The van der Waals surface area contributed by atoms with Crippen molar-refractivity contribution in [1.82, 2.24) is 5.32 Å². The Bertz CT molecular complexity index is 449. The van der Waals surface area contributed by atoms with Gasteiger partial charge >= 0.3 is 0 Å². The molecule has 0 aromatic heterocycles. The number of aliphatic hydroxyl groups is 1. The van der Waals surface area contributed by atoms with Crippen molar-refractivity contribution in [3.05, 3.63) is 35.4 Å². The Morgan fingerprint density at radius 1 is 1.10 bits per heavy atom. The van der Waals surface area contributed by atoms with Crippen LogP contribution in [-0.4, -0.2) is 24.3 Å². The lowest BCUT2D eigenvalue weighted by Gasteiger charge is -2.30. The minimum Gasteiger partial charge on any atom is -0.396 e. The summed E-state index contributed by atoms with van der Waals surface area (Å²) >= 11 is 0. The molecule has 2 N–H and O–H groups in total. The van der Waals surface area contributed by atoms with Gasteiger partial charge in [-0.05, 0) is 60.5 Å². The Morgan fingerprint density at radius 2 is 1.67 bits per heavy atom. The summed E-state index contributed by atoms with van der Waals surface area (Å²) in [5, 5.41) is 13.1. The first-order chi connectivity index (χ1) is 10.1. The summed E-state index contributed by atoms with van der Waals surface area (Å²) in [7, 11) is 0. The van der Waals surface area contributed by atoms with E-state index in [-0.39, 0.29) is 12.0 Å². The normalized spacial score (nSPS) is 28.2. The zero-order chi connectivity index (χ0) is 14.9. The summed E-state index contributed by atoms with van der Waals surface area (Å²) in [6.45, 7) is 5.81. The summed E-state index contributed by atoms with van der Waals surface area (Å²) in [4.78, 5) is 0. The van der Waals surface area contributed by atoms with Crippen LogP contribution in [0.15, 0.2) is 24.3 Å². The highest BCUT2D eigenvalue weighted by atomic mass is 16.3. The molecule has 2 atom stereocenters. The van der Waals surface area contributed by atoms with Crippen molar-refractivity contribution in [2.45, 2.75) is 52.0 Å². The van der Waals surface area contributed by atoms with Gasteiger partial charge in [0.05, 0.1) is 0 Å². The van der Waals surface area contributed by atoms with Gasteiger partial charge in [-0.2, -0.15) is 0 Å². The molecule has 2 aliphatic rings.